The number of nitrogens with zero attached hydrogens (tertiary/aromatic N) is 2. The summed E-state index contributed by atoms with van der Waals surface area (Å²) >= 11 is 0. The Morgan fingerprint density at radius 2 is 1.68 bits per heavy atom. The Morgan fingerprint density at radius 3 is 2.28 bits per heavy atom. The molecule has 0 saturated carbocycles. The maximum atomic E-state index is 13.3. The average molecular weight is 725 g/mol. The van der Waals surface area contributed by atoms with Crippen LogP contribution in [0.4, 0.5) is 0 Å². The van der Waals surface area contributed by atoms with E-state index in [4.69, 9.17) is 32.3 Å². The molecule has 0 aliphatic carbocycles. The van der Waals surface area contributed by atoms with Crippen LogP contribution in [0.2, 0.25) is 39.3 Å². The summed E-state index contributed by atoms with van der Waals surface area (Å²) in [6.07, 6.45) is 1.14. The van der Waals surface area contributed by atoms with Gasteiger partial charge in [0.25, 0.3) is 5.88 Å². The lowest BCUT2D eigenvalue weighted by molar-refractivity contribution is -0.199. The first kappa shape index (κ1) is 37.8. The predicted octanol–water partition coefficient (Wildman–Crippen LogP) is 7.40. The van der Waals surface area contributed by atoms with E-state index in [9.17, 15) is 9.59 Å². The summed E-state index contributed by atoms with van der Waals surface area (Å²) in [5.41, 5.74) is 2.26. The summed E-state index contributed by atoms with van der Waals surface area (Å²) in [4.78, 5) is 28.4. The monoisotopic (exact) mass is 724 g/mol. The first-order valence-electron chi connectivity index (χ1n) is 17.1. The summed E-state index contributed by atoms with van der Waals surface area (Å²) < 4.78 is 43.1. The highest BCUT2D eigenvalue weighted by molar-refractivity contribution is 6.70. The highest BCUT2D eigenvalue weighted by Crippen LogP contribution is 2.66. The van der Waals surface area contributed by atoms with Crippen molar-refractivity contribution in [2.24, 2.45) is 11.8 Å². The third kappa shape index (κ3) is 7.71. The molecule has 11 nitrogen and oxygen atoms in total. The summed E-state index contributed by atoms with van der Waals surface area (Å²) in [5.74, 6) is -1.40. The second-order valence-corrected chi connectivity index (χ2v) is 24.5. The number of hydrogen-bond donors (Lipinski definition) is 0. The highest BCUT2D eigenvalue weighted by Gasteiger charge is 2.65. The molecule has 50 heavy (non-hydrogen) atoms. The van der Waals surface area contributed by atoms with Gasteiger partial charge in [-0.25, -0.2) is 4.79 Å². The SMILES string of the molecule is COC(=O)C[C@@H](C[C@H]1C[C@@]2(O[Si](C)(C)C)O[C@]1(C)c1cccc(O[Si](C)(C)C)c12)C(c1onc(OCc2ccccc2)c1C(=O)OC)N(C)C. The van der Waals surface area contributed by atoms with Crippen LogP contribution in [0.1, 0.15) is 65.0 Å². The van der Waals surface area contributed by atoms with Gasteiger partial charge < -0.3 is 32.3 Å². The Kier molecular flexibility index (Phi) is 10.8. The largest absolute Gasteiger partial charge is 0.544 e. The molecule has 0 radical (unpaired) electrons. The van der Waals surface area contributed by atoms with Gasteiger partial charge in [-0.1, -0.05) is 42.5 Å². The molecule has 2 aromatic carbocycles. The molecule has 0 N–H and O–H groups in total. The normalized spacial score (nSPS) is 22.6. The van der Waals surface area contributed by atoms with E-state index in [0.717, 1.165) is 22.4 Å². The van der Waals surface area contributed by atoms with Crippen LogP contribution in [0.3, 0.4) is 0 Å². The Hall–Kier alpha value is -3.50. The molecule has 3 heterocycles. The quantitative estimate of drug-likeness (QED) is 0.115. The standard InChI is InChI=1S/C37H52N2O9Si2/c1-36-26(22-37(47-36,48-50(9,10)11)31-27(36)18-15-19-28(31)46-49(6,7)8)20-25(21-29(40)42-4)32(39(2)3)33-30(35(41)43-5)34(38-45-33)44-23-24-16-13-12-14-17-24/h12-19,25-26,32H,20-23H2,1-11H3/t25-,26+,32?,36+,37+/m1/s1. The number of benzene rings is 2. The van der Waals surface area contributed by atoms with Crippen LogP contribution in [0.5, 0.6) is 11.6 Å². The molecule has 1 unspecified atom stereocenters. The number of methoxy groups -OCH3 is 2. The number of rotatable bonds is 15. The number of aromatic nitrogens is 1. The van der Waals surface area contributed by atoms with Gasteiger partial charge in [-0.15, -0.1) is 0 Å². The minimum Gasteiger partial charge on any atom is -0.544 e. The van der Waals surface area contributed by atoms with E-state index in [1.54, 1.807) is 0 Å². The molecular weight excluding hydrogens is 673 g/mol. The molecule has 5 rings (SSSR count). The zero-order valence-electron chi connectivity index (χ0n) is 31.2. The maximum Gasteiger partial charge on any atom is 0.347 e. The number of esters is 2. The number of carbonyl (C=O) groups excluding carboxylic acids is 2. The first-order valence-corrected chi connectivity index (χ1v) is 23.9. The molecule has 5 atom stereocenters. The molecule has 2 aliphatic rings. The molecular formula is C37H52N2O9Si2. The zero-order chi connectivity index (χ0) is 36.6. The van der Waals surface area contributed by atoms with Crippen LogP contribution in [0.25, 0.3) is 0 Å². The molecule has 272 valence electrons. The fourth-order valence-corrected chi connectivity index (χ4v) is 9.59. The molecule has 1 aromatic heterocycles. The van der Waals surface area contributed by atoms with E-state index >= 15 is 0 Å². The van der Waals surface area contributed by atoms with Crippen molar-refractivity contribution >= 4 is 28.6 Å². The van der Waals surface area contributed by atoms with Gasteiger partial charge in [0.05, 0.1) is 37.8 Å². The number of ether oxygens (including phenoxy) is 4. The Bertz CT molecular complexity index is 1680. The Morgan fingerprint density at radius 1 is 0.980 bits per heavy atom. The minimum atomic E-state index is -2.16. The van der Waals surface area contributed by atoms with Crippen molar-refractivity contribution in [2.45, 2.75) is 89.5 Å². The predicted molar refractivity (Wildman–Crippen MR) is 193 cm³/mol. The number of fused-ring (bicyclic) bond motifs is 5. The summed E-state index contributed by atoms with van der Waals surface area (Å²) in [6, 6.07) is 15.1. The second-order valence-electron chi connectivity index (χ2n) is 15.6. The van der Waals surface area contributed by atoms with E-state index in [0.29, 0.717) is 12.8 Å². The smallest absolute Gasteiger partial charge is 0.347 e. The minimum absolute atomic E-state index is 0.0286. The van der Waals surface area contributed by atoms with Gasteiger partial charge in [-0.05, 0) is 101 Å². The van der Waals surface area contributed by atoms with Crippen molar-refractivity contribution in [3.05, 3.63) is 76.5 Å². The third-order valence-corrected chi connectivity index (χ3v) is 11.1. The average Bonchev–Trinajstić information content (AvgIpc) is 3.64. The van der Waals surface area contributed by atoms with Gasteiger partial charge in [0.15, 0.2) is 25.4 Å². The van der Waals surface area contributed by atoms with Gasteiger partial charge in [-0.2, -0.15) is 0 Å². The first-order chi connectivity index (χ1) is 23.4. The molecule has 2 bridgehead atoms. The fourth-order valence-electron chi connectivity index (χ4n) is 7.54. The topological polar surface area (TPSA) is 119 Å². The van der Waals surface area contributed by atoms with Crippen LogP contribution in [0.15, 0.2) is 53.1 Å². The number of hydrogen-bond acceptors (Lipinski definition) is 11. The van der Waals surface area contributed by atoms with Crippen molar-refractivity contribution < 1.29 is 41.9 Å². The maximum absolute atomic E-state index is 13.3. The van der Waals surface area contributed by atoms with Crippen molar-refractivity contribution in [3.63, 3.8) is 0 Å². The zero-order valence-corrected chi connectivity index (χ0v) is 33.2. The van der Waals surface area contributed by atoms with Crippen molar-refractivity contribution in [1.29, 1.82) is 0 Å². The molecule has 1 saturated heterocycles. The lowest BCUT2D eigenvalue weighted by Crippen LogP contribution is -2.41. The Balaban J connectivity index is 1.56. The molecule has 2 aliphatic heterocycles. The van der Waals surface area contributed by atoms with Crippen molar-refractivity contribution in [2.75, 3.05) is 28.3 Å². The van der Waals surface area contributed by atoms with Crippen LogP contribution in [0, 0.1) is 11.8 Å². The van der Waals surface area contributed by atoms with Crippen LogP contribution < -0.4 is 9.16 Å². The van der Waals surface area contributed by atoms with Crippen molar-refractivity contribution in [1.82, 2.24) is 10.1 Å². The van der Waals surface area contributed by atoms with Crippen LogP contribution >= 0.6 is 0 Å². The number of carbonyl (C=O) groups is 2. The second kappa shape index (κ2) is 14.3. The fraction of sp³-hybridized carbons (Fsp3) is 0.541. The van der Waals surface area contributed by atoms with E-state index in [1.807, 2.05) is 61.5 Å². The van der Waals surface area contributed by atoms with Gasteiger partial charge in [0.1, 0.15) is 12.4 Å². The summed E-state index contributed by atoms with van der Waals surface area (Å²) in [6.45, 7) is 15.3. The van der Waals surface area contributed by atoms with E-state index in [-0.39, 0.29) is 42.1 Å². The van der Waals surface area contributed by atoms with E-state index in [2.05, 4.69) is 57.4 Å². The van der Waals surface area contributed by atoms with Gasteiger partial charge >= 0.3 is 11.9 Å². The third-order valence-electron chi connectivity index (χ3n) is 9.31. The van der Waals surface area contributed by atoms with E-state index in [1.165, 1.54) is 14.2 Å². The van der Waals surface area contributed by atoms with Crippen LogP contribution in [-0.2, 0) is 41.4 Å². The molecule has 13 heteroatoms. The summed E-state index contributed by atoms with van der Waals surface area (Å²) in [7, 11) is 2.31. The van der Waals surface area contributed by atoms with E-state index < -0.39 is 46.0 Å². The van der Waals surface area contributed by atoms with Gasteiger partial charge in [-0.3, -0.25) is 9.69 Å². The Labute approximate surface area is 297 Å². The lowest BCUT2D eigenvalue weighted by atomic mass is 9.69. The molecule has 0 spiro atoms. The van der Waals surface area contributed by atoms with Crippen molar-refractivity contribution in [3.8, 4) is 11.6 Å². The lowest BCUT2D eigenvalue weighted by Gasteiger charge is -2.39. The molecule has 3 aromatic rings. The van der Waals surface area contributed by atoms with Crippen LogP contribution in [-0.4, -0.2) is 66.9 Å². The molecule has 0 amide bonds. The summed E-state index contributed by atoms with van der Waals surface area (Å²) in [5, 5.41) is 4.20. The van der Waals surface area contributed by atoms with Gasteiger partial charge in [0.2, 0.25) is 8.32 Å². The highest BCUT2D eigenvalue weighted by atomic mass is 28.4. The van der Waals surface area contributed by atoms with Gasteiger partial charge in [0, 0.05) is 6.42 Å². The molecule has 1 fully saturated rings.